The molecule has 0 aliphatic heterocycles. The van der Waals surface area contributed by atoms with Crippen LogP contribution in [0.5, 0.6) is 0 Å². The fourth-order valence-corrected chi connectivity index (χ4v) is 0.532. The van der Waals surface area contributed by atoms with Gasteiger partial charge in [-0.25, -0.2) is 4.39 Å². The zero-order valence-electron chi connectivity index (χ0n) is 6.95. The summed E-state index contributed by atoms with van der Waals surface area (Å²) >= 11 is 0. The van der Waals surface area contributed by atoms with Crippen molar-refractivity contribution in [1.29, 1.82) is 0 Å². The van der Waals surface area contributed by atoms with E-state index in [0.29, 0.717) is 0 Å². The van der Waals surface area contributed by atoms with E-state index in [0.717, 1.165) is 18.4 Å². The van der Waals surface area contributed by atoms with Crippen LogP contribution in [-0.4, -0.2) is 0 Å². The Bertz CT molecular complexity index is 143. The lowest BCUT2D eigenvalue weighted by Gasteiger charge is -1.93. The molecule has 0 fully saturated rings. The van der Waals surface area contributed by atoms with Crippen LogP contribution in [0, 0.1) is 0 Å². The van der Waals surface area contributed by atoms with Crippen LogP contribution in [-0.2, 0) is 0 Å². The highest BCUT2D eigenvalue weighted by molar-refractivity contribution is 5.17. The van der Waals surface area contributed by atoms with Crippen molar-refractivity contribution in [2.24, 2.45) is 0 Å². The summed E-state index contributed by atoms with van der Waals surface area (Å²) in [4.78, 5) is 0. The minimum atomic E-state index is -0.0793. The number of hydrogen-bond acceptors (Lipinski definition) is 0. The van der Waals surface area contributed by atoms with Crippen LogP contribution in [0.1, 0.15) is 33.6 Å². The Balaban J connectivity index is 4.04. The number of halogens is 1. The molecule has 0 amide bonds. The fraction of sp³-hybridized carbons (Fsp3) is 0.556. The van der Waals surface area contributed by atoms with E-state index in [2.05, 4.69) is 0 Å². The first-order valence-corrected chi connectivity index (χ1v) is 3.74. The van der Waals surface area contributed by atoms with Crippen LogP contribution < -0.4 is 0 Å². The summed E-state index contributed by atoms with van der Waals surface area (Å²) in [6.07, 6.45) is 5.05. The van der Waals surface area contributed by atoms with Gasteiger partial charge in [-0.05, 0) is 31.4 Å². The van der Waals surface area contributed by atoms with Crippen LogP contribution in [0.3, 0.4) is 0 Å². The molecule has 0 aliphatic carbocycles. The summed E-state index contributed by atoms with van der Waals surface area (Å²) in [6.45, 7) is 5.76. The Morgan fingerprint density at radius 1 is 1.40 bits per heavy atom. The number of allylic oxidation sites excluding steroid dienone is 4. The lowest BCUT2D eigenvalue weighted by Crippen LogP contribution is -1.75. The van der Waals surface area contributed by atoms with E-state index >= 15 is 0 Å². The van der Waals surface area contributed by atoms with Gasteiger partial charge in [0.25, 0.3) is 0 Å². The second-order valence-electron chi connectivity index (χ2n) is 2.29. The summed E-state index contributed by atoms with van der Waals surface area (Å²) in [7, 11) is 0. The second kappa shape index (κ2) is 5.21. The molecular weight excluding hydrogens is 127 g/mol. The van der Waals surface area contributed by atoms with Gasteiger partial charge in [0, 0.05) is 0 Å². The Hall–Kier alpha value is -0.590. The predicted molar refractivity (Wildman–Crippen MR) is 43.5 cm³/mol. The Morgan fingerprint density at radius 3 is 2.40 bits per heavy atom. The van der Waals surface area contributed by atoms with Crippen LogP contribution >= 0.6 is 0 Å². The molecule has 58 valence electrons. The van der Waals surface area contributed by atoms with Gasteiger partial charge in [-0.15, -0.1) is 0 Å². The summed E-state index contributed by atoms with van der Waals surface area (Å²) in [5.41, 5.74) is 0.824. The van der Waals surface area contributed by atoms with E-state index in [9.17, 15) is 4.39 Å². The third-order valence-corrected chi connectivity index (χ3v) is 1.44. The van der Waals surface area contributed by atoms with Gasteiger partial charge in [0.1, 0.15) is 5.83 Å². The predicted octanol–water partition coefficient (Wildman–Crippen LogP) is 3.61. The minimum absolute atomic E-state index is 0.0793. The van der Waals surface area contributed by atoms with Gasteiger partial charge in [-0.3, -0.25) is 0 Å². The van der Waals surface area contributed by atoms with Crippen molar-refractivity contribution in [3.05, 3.63) is 23.6 Å². The minimum Gasteiger partial charge on any atom is -0.207 e. The zero-order valence-corrected chi connectivity index (χ0v) is 6.95. The molecule has 0 N–H and O–H groups in total. The van der Waals surface area contributed by atoms with E-state index in [1.54, 1.807) is 6.08 Å². The van der Waals surface area contributed by atoms with E-state index in [1.165, 1.54) is 0 Å². The van der Waals surface area contributed by atoms with Crippen LogP contribution in [0.15, 0.2) is 23.6 Å². The van der Waals surface area contributed by atoms with Crippen molar-refractivity contribution in [3.8, 4) is 0 Å². The summed E-state index contributed by atoms with van der Waals surface area (Å²) in [5.74, 6) is -0.0793. The lowest BCUT2D eigenvalue weighted by atomic mass is 10.2. The third-order valence-electron chi connectivity index (χ3n) is 1.44. The first-order chi connectivity index (χ1) is 4.72. The van der Waals surface area contributed by atoms with Crippen LogP contribution in [0.4, 0.5) is 4.39 Å². The van der Waals surface area contributed by atoms with Crippen LogP contribution in [0.2, 0.25) is 0 Å². The lowest BCUT2D eigenvalue weighted by molar-refractivity contribution is 0.647. The van der Waals surface area contributed by atoms with Gasteiger partial charge in [0.05, 0.1) is 0 Å². The van der Waals surface area contributed by atoms with Crippen molar-refractivity contribution in [3.63, 3.8) is 0 Å². The average molecular weight is 142 g/mol. The Labute approximate surface area is 62.4 Å². The molecule has 0 aromatic carbocycles. The largest absolute Gasteiger partial charge is 0.207 e. The Kier molecular flexibility index (Phi) is 4.91. The molecule has 0 spiro atoms. The fourth-order valence-electron chi connectivity index (χ4n) is 0.532. The van der Waals surface area contributed by atoms with Crippen molar-refractivity contribution < 1.29 is 4.39 Å². The smallest absolute Gasteiger partial charge is 0.121 e. The molecule has 0 aromatic heterocycles. The molecule has 0 heterocycles. The molecule has 0 saturated heterocycles. The SMILES string of the molecule is CC/C=C/C(F)=C(\C)CC. The first-order valence-electron chi connectivity index (χ1n) is 3.74. The molecule has 0 aliphatic rings. The number of rotatable bonds is 3. The molecule has 10 heavy (non-hydrogen) atoms. The van der Waals surface area contributed by atoms with Gasteiger partial charge in [0.15, 0.2) is 0 Å². The van der Waals surface area contributed by atoms with Gasteiger partial charge in [-0.1, -0.05) is 19.9 Å². The topological polar surface area (TPSA) is 0 Å². The maximum absolute atomic E-state index is 12.8. The van der Waals surface area contributed by atoms with Gasteiger partial charge < -0.3 is 0 Å². The maximum Gasteiger partial charge on any atom is 0.121 e. The van der Waals surface area contributed by atoms with E-state index in [4.69, 9.17) is 0 Å². The molecule has 0 rings (SSSR count). The summed E-state index contributed by atoms with van der Waals surface area (Å²) in [5, 5.41) is 0. The van der Waals surface area contributed by atoms with Gasteiger partial charge >= 0.3 is 0 Å². The standard InChI is InChI=1S/C9H15F/c1-4-6-7-9(10)8(3)5-2/h6-7H,4-5H2,1-3H3/b7-6+,9-8-. The summed E-state index contributed by atoms with van der Waals surface area (Å²) < 4.78 is 12.8. The average Bonchev–Trinajstić information content (AvgIpc) is 1.98. The molecule has 0 bridgehead atoms. The monoisotopic (exact) mass is 142 g/mol. The third kappa shape index (κ3) is 3.44. The summed E-state index contributed by atoms with van der Waals surface area (Å²) in [6, 6.07) is 0. The molecule has 0 aromatic rings. The van der Waals surface area contributed by atoms with E-state index < -0.39 is 0 Å². The highest BCUT2D eigenvalue weighted by Crippen LogP contribution is 2.10. The molecule has 0 radical (unpaired) electrons. The molecule has 0 atom stereocenters. The highest BCUT2D eigenvalue weighted by atomic mass is 19.1. The quantitative estimate of drug-likeness (QED) is 0.528. The normalized spacial score (nSPS) is 14.0. The number of hydrogen-bond donors (Lipinski definition) is 0. The van der Waals surface area contributed by atoms with Crippen molar-refractivity contribution in [2.45, 2.75) is 33.6 Å². The van der Waals surface area contributed by atoms with E-state index in [-0.39, 0.29) is 5.83 Å². The molecule has 1 heteroatoms. The van der Waals surface area contributed by atoms with Gasteiger partial charge in [0.2, 0.25) is 0 Å². The van der Waals surface area contributed by atoms with Crippen molar-refractivity contribution >= 4 is 0 Å². The molecule has 0 nitrogen and oxygen atoms in total. The van der Waals surface area contributed by atoms with Crippen molar-refractivity contribution in [1.82, 2.24) is 0 Å². The van der Waals surface area contributed by atoms with E-state index in [1.807, 2.05) is 26.8 Å². The van der Waals surface area contributed by atoms with Crippen LogP contribution in [0.25, 0.3) is 0 Å². The Morgan fingerprint density at radius 2 is 2.00 bits per heavy atom. The molecule has 0 unspecified atom stereocenters. The van der Waals surface area contributed by atoms with Gasteiger partial charge in [-0.2, -0.15) is 0 Å². The van der Waals surface area contributed by atoms with Crippen molar-refractivity contribution in [2.75, 3.05) is 0 Å². The molecular formula is C9H15F. The second-order valence-corrected chi connectivity index (χ2v) is 2.29. The zero-order chi connectivity index (χ0) is 7.98. The maximum atomic E-state index is 12.8. The highest BCUT2D eigenvalue weighted by Gasteiger charge is 1.92. The molecule has 0 saturated carbocycles. The first kappa shape index (κ1) is 9.41.